The van der Waals surface area contributed by atoms with E-state index < -0.39 is 0 Å². The van der Waals surface area contributed by atoms with Crippen molar-refractivity contribution in [2.75, 3.05) is 32.6 Å². The van der Waals surface area contributed by atoms with Crippen molar-refractivity contribution in [1.82, 2.24) is 4.90 Å². The predicted molar refractivity (Wildman–Crippen MR) is 141 cm³/mol. The number of piperidine rings is 1. The summed E-state index contributed by atoms with van der Waals surface area (Å²) in [5.74, 6) is 1.62. The molecule has 0 bridgehead atoms. The molecule has 1 fully saturated rings. The van der Waals surface area contributed by atoms with Crippen molar-refractivity contribution in [2.24, 2.45) is 0 Å². The van der Waals surface area contributed by atoms with Crippen molar-refractivity contribution in [3.63, 3.8) is 0 Å². The van der Waals surface area contributed by atoms with Crippen LogP contribution < -0.4 is 19.5 Å². The molecule has 3 aromatic rings. The minimum Gasteiger partial charge on any atom is -0.504 e. The van der Waals surface area contributed by atoms with E-state index >= 15 is 0 Å². The molecule has 0 atom stereocenters. The summed E-state index contributed by atoms with van der Waals surface area (Å²) >= 11 is 0. The molecule has 7 nitrogen and oxygen atoms in total. The number of anilines is 1. The highest BCUT2D eigenvalue weighted by molar-refractivity contribution is 6.02. The van der Waals surface area contributed by atoms with Gasteiger partial charge in [0, 0.05) is 36.5 Å². The Hall–Kier alpha value is -3.97. The summed E-state index contributed by atoms with van der Waals surface area (Å²) in [5.41, 5.74) is 2.20. The van der Waals surface area contributed by atoms with E-state index in [-0.39, 0.29) is 17.8 Å². The summed E-state index contributed by atoms with van der Waals surface area (Å²) in [6, 6.07) is 20.1. The standard InChI is InChI=1S/C29H32N2O5/c1-31-16-14-23(15-17-31)36-25-8-5-7-24(19-25)35-20-22-6-3-4-9-26(22)30-29(33)13-11-21-10-12-28(34-2)27(32)18-21/h3-13,18-19,23,32H,14-17,20H2,1-2H3,(H,30,33). The Morgan fingerprint density at radius 3 is 2.61 bits per heavy atom. The summed E-state index contributed by atoms with van der Waals surface area (Å²) in [4.78, 5) is 14.8. The summed E-state index contributed by atoms with van der Waals surface area (Å²) in [7, 11) is 3.62. The number of hydrogen-bond acceptors (Lipinski definition) is 6. The minimum absolute atomic E-state index is 0.0170. The molecule has 3 aromatic carbocycles. The minimum atomic E-state index is -0.286. The van der Waals surface area contributed by atoms with Crippen LogP contribution >= 0.6 is 0 Å². The average molecular weight is 489 g/mol. The lowest BCUT2D eigenvalue weighted by Gasteiger charge is -2.29. The van der Waals surface area contributed by atoms with E-state index in [0.717, 1.165) is 37.2 Å². The number of hydrogen-bond donors (Lipinski definition) is 2. The van der Waals surface area contributed by atoms with Crippen LogP contribution in [0.3, 0.4) is 0 Å². The van der Waals surface area contributed by atoms with E-state index in [0.29, 0.717) is 29.4 Å². The van der Waals surface area contributed by atoms with Gasteiger partial charge in [-0.3, -0.25) is 4.79 Å². The lowest BCUT2D eigenvalue weighted by molar-refractivity contribution is -0.111. The van der Waals surface area contributed by atoms with Crippen LogP contribution in [-0.4, -0.2) is 49.3 Å². The zero-order valence-electron chi connectivity index (χ0n) is 20.6. The zero-order valence-corrected chi connectivity index (χ0v) is 20.6. The van der Waals surface area contributed by atoms with Gasteiger partial charge in [0.25, 0.3) is 0 Å². The molecule has 0 unspecified atom stereocenters. The Balaban J connectivity index is 1.34. The number of phenols is 1. The second-order valence-electron chi connectivity index (χ2n) is 8.80. The second-order valence-corrected chi connectivity index (χ2v) is 8.80. The molecule has 0 saturated carbocycles. The number of ether oxygens (including phenoxy) is 3. The molecule has 36 heavy (non-hydrogen) atoms. The average Bonchev–Trinajstić information content (AvgIpc) is 2.89. The highest BCUT2D eigenvalue weighted by Crippen LogP contribution is 2.27. The van der Waals surface area contributed by atoms with Gasteiger partial charge in [-0.1, -0.05) is 30.3 Å². The number of para-hydroxylation sites is 1. The summed E-state index contributed by atoms with van der Waals surface area (Å²) in [6.45, 7) is 2.38. The maximum atomic E-state index is 12.5. The fourth-order valence-electron chi connectivity index (χ4n) is 4.02. The molecule has 1 amide bonds. The Morgan fingerprint density at radius 2 is 1.83 bits per heavy atom. The van der Waals surface area contributed by atoms with E-state index in [1.807, 2.05) is 48.5 Å². The molecular formula is C29H32N2O5. The quantitative estimate of drug-likeness (QED) is 0.408. The second kappa shape index (κ2) is 12.1. The first-order valence-electron chi connectivity index (χ1n) is 12.0. The summed E-state index contributed by atoms with van der Waals surface area (Å²) in [6.07, 6.45) is 5.31. The van der Waals surface area contributed by atoms with Crippen molar-refractivity contribution in [3.8, 4) is 23.0 Å². The van der Waals surface area contributed by atoms with E-state index in [1.54, 1.807) is 18.2 Å². The van der Waals surface area contributed by atoms with Gasteiger partial charge in [0.05, 0.1) is 7.11 Å². The Kier molecular flexibility index (Phi) is 8.47. The number of nitrogens with one attached hydrogen (secondary N) is 1. The van der Waals surface area contributed by atoms with E-state index in [9.17, 15) is 9.90 Å². The molecule has 1 aliphatic heterocycles. The van der Waals surface area contributed by atoms with Crippen LogP contribution in [0.2, 0.25) is 0 Å². The number of nitrogens with zero attached hydrogens (tertiary/aromatic N) is 1. The first kappa shape index (κ1) is 25.1. The zero-order chi connectivity index (χ0) is 25.3. The maximum absolute atomic E-state index is 12.5. The van der Waals surface area contributed by atoms with Crippen LogP contribution in [0.15, 0.2) is 72.8 Å². The first-order chi connectivity index (χ1) is 17.5. The number of amides is 1. The smallest absolute Gasteiger partial charge is 0.248 e. The van der Waals surface area contributed by atoms with Crippen LogP contribution in [0.1, 0.15) is 24.0 Å². The Bertz CT molecular complexity index is 1200. The molecule has 188 valence electrons. The topological polar surface area (TPSA) is 80.3 Å². The number of likely N-dealkylation sites (tertiary alicyclic amines) is 1. The molecule has 0 aliphatic carbocycles. The molecule has 0 spiro atoms. The lowest BCUT2D eigenvalue weighted by atomic mass is 10.1. The lowest BCUT2D eigenvalue weighted by Crippen LogP contribution is -2.35. The van der Waals surface area contributed by atoms with Gasteiger partial charge in [0.15, 0.2) is 11.5 Å². The number of carbonyl (C=O) groups excluding carboxylic acids is 1. The van der Waals surface area contributed by atoms with E-state index in [1.165, 1.54) is 19.3 Å². The van der Waals surface area contributed by atoms with Crippen LogP contribution in [0.4, 0.5) is 5.69 Å². The fourth-order valence-corrected chi connectivity index (χ4v) is 4.02. The van der Waals surface area contributed by atoms with E-state index in [2.05, 4.69) is 17.3 Å². The van der Waals surface area contributed by atoms with Gasteiger partial charge in [-0.15, -0.1) is 0 Å². The van der Waals surface area contributed by atoms with Gasteiger partial charge >= 0.3 is 0 Å². The monoisotopic (exact) mass is 488 g/mol. The van der Waals surface area contributed by atoms with Crippen molar-refractivity contribution in [2.45, 2.75) is 25.6 Å². The normalized spacial score (nSPS) is 14.5. The third-order valence-corrected chi connectivity index (χ3v) is 6.07. The molecular weight excluding hydrogens is 456 g/mol. The molecule has 1 heterocycles. The molecule has 2 N–H and O–H groups in total. The Labute approximate surface area is 211 Å². The van der Waals surface area contributed by atoms with Crippen molar-refractivity contribution >= 4 is 17.7 Å². The van der Waals surface area contributed by atoms with E-state index in [4.69, 9.17) is 14.2 Å². The van der Waals surface area contributed by atoms with Crippen LogP contribution in [0.5, 0.6) is 23.0 Å². The number of methoxy groups -OCH3 is 1. The SMILES string of the molecule is COc1ccc(C=CC(=O)Nc2ccccc2COc2cccc(OC3CCN(C)CC3)c2)cc1O. The van der Waals surface area contributed by atoms with Crippen molar-refractivity contribution in [3.05, 3.63) is 83.9 Å². The number of phenolic OH excluding ortho intramolecular Hbond substituents is 1. The van der Waals surface area contributed by atoms with Crippen LogP contribution in [-0.2, 0) is 11.4 Å². The van der Waals surface area contributed by atoms with Gasteiger partial charge in [-0.2, -0.15) is 0 Å². The maximum Gasteiger partial charge on any atom is 0.248 e. The Morgan fingerprint density at radius 1 is 1.06 bits per heavy atom. The number of aromatic hydroxyl groups is 1. The summed E-state index contributed by atoms with van der Waals surface area (Å²) in [5, 5.41) is 12.8. The highest BCUT2D eigenvalue weighted by Gasteiger charge is 2.18. The molecule has 4 rings (SSSR count). The molecule has 1 saturated heterocycles. The molecule has 0 aromatic heterocycles. The predicted octanol–water partition coefficient (Wildman–Crippen LogP) is 5.10. The summed E-state index contributed by atoms with van der Waals surface area (Å²) < 4.78 is 17.2. The fraction of sp³-hybridized carbons (Fsp3) is 0.276. The van der Waals surface area contributed by atoms with Gasteiger partial charge in [-0.25, -0.2) is 0 Å². The third kappa shape index (κ3) is 7.02. The molecule has 1 aliphatic rings. The largest absolute Gasteiger partial charge is 0.504 e. The van der Waals surface area contributed by atoms with Gasteiger partial charge in [0.1, 0.15) is 24.2 Å². The number of rotatable bonds is 9. The van der Waals surface area contributed by atoms with Gasteiger partial charge in [-0.05, 0) is 61.9 Å². The number of carbonyl (C=O) groups is 1. The molecule has 0 radical (unpaired) electrons. The van der Waals surface area contributed by atoms with Crippen molar-refractivity contribution < 1.29 is 24.1 Å². The van der Waals surface area contributed by atoms with Crippen molar-refractivity contribution in [1.29, 1.82) is 0 Å². The molecule has 7 heteroatoms. The number of benzene rings is 3. The van der Waals surface area contributed by atoms with Crippen LogP contribution in [0, 0.1) is 0 Å². The third-order valence-electron chi connectivity index (χ3n) is 6.07. The highest BCUT2D eigenvalue weighted by atomic mass is 16.5. The van der Waals surface area contributed by atoms with Gasteiger partial charge < -0.3 is 29.5 Å². The van der Waals surface area contributed by atoms with Crippen LogP contribution in [0.25, 0.3) is 6.08 Å². The van der Waals surface area contributed by atoms with Gasteiger partial charge in [0.2, 0.25) is 5.91 Å². The first-order valence-corrected chi connectivity index (χ1v) is 12.0.